The number of anilines is 2. The maximum atomic E-state index is 13.6. The third-order valence-corrected chi connectivity index (χ3v) is 4.25. The van der Waals surface area contributed by atoms with Crippen LogP contribution < -0.4 is 19.7 Å². The van der Waals surface area contributed by atoms with E-state index in [0.29, 0.717) is 30.3 Å². The normalized spacial score (nSPS) is 15.5. The molecule has 0 atom stereocenters. The standard InChI is InChI=1S/C18H16FN3O4/c19-13-3-1-2-4-14(13)20-17(23)10-21-7-8-22(18(21)24)12-5-6-15-16(9-12)26-11-25-15/h1-6,9H,7-8,10-11H2,(H,20,23). The zero-order valence-corrected chi connectivity index (χ0v) is 13.8. The Kier molecular flexibility index (Phi) is 4.08. The average molecular weight is 357 g/mol. The molecule has 0 bridgehead atoms. The molecule has 0 unspecified atom stereocenters. The molecule has 0 aromatic heterocycles. The lowest BCUT2D eigenvalue weighted by atomic mass is 10.2. The van der Waals surface area contributed by atoms with Gasteiger partial charge in [0.1, 0.15) is 12.4 Å². The maximum Gasteiger partial charge on any atom is 0.325 e. The number of urea groups is 1. The number of amides is 3. The van der Waals surface area contributed by atoms with Crippen molar-refractivity contribution in [3.63, 3.8) is 0 Å². The van der Waals surface area contributed by atoms with E-state index in [4.69, 9.17) is 9.47 Å². The molecule has 2 aromatic carbocycles. The first-order valence-corrected chi connectivity index (χ1v) is 8.12. The molecule has 1 saturated heterocycles. The van der Waals surface area contributed by atoms with Gasteiger partial charge in [0.15, 0.2) is 11.5 Å². The van der Waals surface area contributed by atoms with E-state index >= 15 is 0 Å². The number of nitrogens with zero attached hydrogens (tertiary/aromatic N) is 2. The molecular formula is C18H16FN3O4. The molecule has 2 aliphatic heterocycles. The molecule has 0 radical (unpaired) electrons. The molecule has 0 aliphatic carbocycles. The van der Waals surface area contributed by atoms with Gasteiger partial charge in [0.25, 0.3) is 0 Å². The molecule has 2 aliphatic rings. The highest BCUT2D eigenvalue weighted by molar-refractivity contribution is 5.99. The summed E-state index contributed by atoms with van der Waals surface area (Å²) in [5, 5.41) is 2.48. The van der Waals surface area contributed by atoms with E-state index in [0.717, 1.165) is 0 Å². The number of rotatable bonds is 4. The van der Waals surface area contributed by atoms with E-state index in [-0.39, 0.29) is 25.1 Å². The van der Waals surface area contributed by atoms with Crippen LogP contribution >= 0.6 is 0 Å². The minimum absolute atomic E-state index is 0.0942. The zero-order valence-electron chi connectivity index (χ0n) is 13.8. The Labute approximate surface area is 148 Å². The van der Waals surface area contributed by atoms with Gasteiger partial charge in [0.2, 0.25) is 12.7 Å². The van der Waals surface area contributed by atoms with Gasteiger partial charge in [0, 0.05) is 24.8 Å². The van der Waals surface area contributed by atoms with Crippen molar-refractivity contribution in [1.29, 1.82) is 0 Å². The molecule has 1 fully saturated rings. The molecule has 2 heterocycles. The molecule has 1 N–H and O–H groups in total. The molecule has 0 saturated carbocycles. The molecule has 2 aromatic rings. The lowest BCUT2D eigenvalue weighted by Gasteiger charge is -2.18. The van der Waals surface area contributed by atoms with Crippen molar-refractivity contribution in [3.8, 4) is 11.5 Å². The van der Waals surface area contributed by atoms with E-state index in [2.05, 4.69) is 5.32 Å². The zero-order chi connectivity index (χ0) is 18.1. The number of para-hydroxylation sites is 1. The Hall–Kier alpha value is -3.29. The molecule has 4 rings (SSSR count). The van der Waals surface area contributed by atoms with Crippen LogP contribution in [0.25, 0.3) is 0 Å². The summed E-state index contributed by atoms with van der Waals surface area (Å²) in [4.78, 5) is 27.7. The van der Waals surface area contributed by atoms with Crippen molar-refractivity contribution in [2.24, 2.45) is 0 Å². The number of ether oxygens (including phenoxy) is 2. The molecule has 8 heteroatoms. The molecule has 134 valence electrons. The van der Waals surface area contributed by atoms with Gasteiger partial charge in [-0.2, -0.15) is 0 Å². The summed E-state index contributed by atoms with van der Waals surface area (Å²) in [6.07, 6.45) is 0. The van der Waals surface area contributed by atoms with Gasteiger partial charge in [-0.1, -0.05) is 12.1 Å². The van der Waals surface area contributed by atoms with Crippen molar-refractivity contribution < 1.29 is 23.5 Å². The van der Waals surface area contributed by atoms with Crippen molar-refractivity contribution in [2.75, 3.05) is 36.6 Å². The fraction of sp³-hybridized carbons (Fsp3) is 0.222. The van der Waals surface area contributed by atoms with Crippen molar-refractivity contribution in [2.45, 2.75) is 0 Å². The number of fused-ring (bicyclic) bond motifs is 1. The number of hydrogen-bond donors (Lipinski definition) is 1. The summed E-state index contributed by atoms with van der Waals surface area (Å²) in [6.45, 7) is 0.868. The van der Waals surface area contributed by atoms with Gasteiger partial charge >= 0.3 is 6.03 Å². The number of halogens is 1. The minimum atomic E-state index is -0.518. The van der Waals surface area contributed by atoms with Crippen LogP contribution in [0, 0.1) is 5.82 Å². The number of carbonyl (C=O) groups is 2. The van der Waals surface area contributed by atoms with Crippen molar-refractivity contribution in [1.82, 2.24) is 4.90 Å². The summed E-state index contributed by atoms with van der Waals surface area (Å²) in [5.41, 5.74) is 0.771. The van der Waals surface area contributed by atoms with Gasteiger partial charge < -0.3 is 19.7 Å². The Balaban J connectivity index is 1.41. The van der Waals surface area contributed by atoms with Crippen LogP contribution in [0.5, 0.6) is 11.5 Å². The van der Waals surface area contributed by atoms with Crippen LogP contribution in [0.15, 0.2) is 42.5 Å². The fourth-order valence-electron chi connectivity index (χ4n) is 2.95. The Morgan fingerprint density at radius 1 is 1.12 bits per heavy atom. The van der Waals surface area contributed by atoms with Gasteiger partial charge in [-0.15, -0.1) is 0 Å². The molecule has 26 heavy (non-hydrogen) atoms. The third-order valence-electron chi connectivity index (χ3n) is 4.25. The van der Waals surface area contributed by atoms with E-state index in [9.17, 15) is 14.0 Å². The first kappa shape index (κ1) is 16.2. The van der Waals surface area contributed by atoms with Crippen LogP contribution in [-0.2, 0) is 4.79 Å². The molecule has 3 amide bonds. The summed E-state index contributed by atoms with van der Waals surface area (Å²) in [7, 11) is 0. The maximum absolute atomic E-state index is 13.6. The highest BCUT2D eigenvalue weighted by atomic mass is 19.1. The Bertz CT molecular complexity index is 873. The molecule has 0 spiro atoms. The second-order valence-corrected chi connectivity index (χ2v) is 5.92. The third kappa shape index (κ3) is 3.01. The minimum Gasteiger partial charge on any atom is -0.454 e. The second kappa shape index (κ2) is 6.55. The predicted octanol–water partition coefficient (Wildman–Crippen LogP) is 2.44. The quantitative estimate of drug-likeness (QED) is 0.912. The highest BCUT2D eigenvalue weighted by Crippen LogP contribution is 2.36. The lowest BCUT2D eigenvalue weighted by molar-refractivity contribution is -0.116. The summed E-state index contributed by atoms with van der Waals surface area (Å²) >= 11 is 0. The lowest BCUT2D eigenvalue weighted by Crippen LogP contribution is -2.37. The van der Waals surface area contributed by atoms with Gasteiger partial charge in [0.05, 0.1) is 5.69 Å². The summed E-state index contributed by atoms with van der Waals surface area (Å²) in [5.74, 6) is 0.263. The highest BCUT2D eigenvalue weighted by Gasteiger charge is 2.31. The average Bonchev–Trinajstić information content (AvgIpc) is 3.23. The van der Waals surface area contributed by atoms with Crippen LogP contribution in [-0.4, -0.2) is 43.3 Å². The molecule has 7 nitrogen and oxygen atoms in total. The van der Waals surface area contributed by atoms with Crippen LogP contribution in [0.4, 0.5) is 20.6 Å². The topological polar surface area (TPSA) is 71.1 Å². The van der Waals surface area contributed by atoms with Crippen LogP contribution in [0.3, 0.4) is 0 Å². The van der Waals surface area contributed by atoms with Crippen LogP contribution in [0.2, 0.25) is 0 Å². The first-order valence-electron chi connectivity index (χ1n) is 8.12. The molecular weight excluding hydrogens is 341 g/mol. The number of benzene rings is 2. The smallest absolute Gasteiger partial charge is 0.325 e. The van der Waals surface area contributed by atoms with Crippen molar-refractivity contribution >= 4 is 23.3 Å². The number of hydrogen-bond acceptors (Lipinski definition) is 4. The summed E-state index contributed by atoms with van der Waals surface area (Å²) in [6, 6.07) is 10.9. The number of nitrogens with one attached hydrogen (secondary N) is 1. The van der Waals surface area contributed by atoms with E-state index < -0.39 is 11.7 Å². The number of carbonyl (C=O) groups excluding carboxylic acids is 2. The van der Waals surface area contributed by atoms with Gasteiger partial charge in [-0.3, -0.25) is 9.69 Å². The van der Waals surface area contributed by atoms with Gasteiger partial charge in [-0.25, -0.2) is 9.18 Å². The first-order chi connectivity index (χ1) is 12.6. The van der Waals surface area contributed by atoms with E-state index in [1.54, 1.807) is 29.2 Å². The summed E-state index contributed by atoms with van der Waals surface area (Å²) < 4.78 is 24.2. The largest absolute Gasteiger partial charge is 0.454 e. The van der Waals surface area contributed by atoms with Crippen LogP contribution in [0.1, 0.15) is 0 Å². The Morgan fingerprint density at radius 2 is 1.92 bits per heavy atom. The second-order valence-electron chi connectivity index (χ2n) is 5.92. The monoisotopic (exact) mass is 357 g/mol. The van der Waals surface area contributed by atoms with Gasteiger partial charge in [-0.05, 0) is 24.3 Å². The fourth-order valence-corrected chi connectivity index (χ4v) is 2.95. The van der Waals surface area contributed by atoms with E-state index in [1.807, 2.05) is 0 Å². The predicted molar refractivity (Wildman–Crippen MR) is 91.9 cm³/mol. The van der Waals surface area contributed by atoms with Crippen molar-refractivity contribution in [3.05, 3.63) is 48.3 Å². The van der Waals surface area contributed by atoms with E-state index in [1.165, 1.54) is 23.1 Å². The Morgan fingerprint density at radius 3 is 2.77 bits per heavy atom. The SMILES string of the molecule is O=C(CN1CCN(c2ccc3c(c2)OCO3)C1=O)Nc1ccccc1F.